The Morgan fingerprint density at radius 3 is 2.84 bits per heavy atom. The lowest BCUT2D eigenvalue weighted by atomic mass is 9.96. The molecule has 0 aromatic carbocycles. The average molecular weight is 262 g/mol. The lowest BCUT2D eigenvalue weighted by molar-refractivity contribution is 0.335. The highest BCUT2D eigenvalue weighted by molar-refractivity contribution is 5.39. The minimum atomic E-state index is 0.202. The third-order valence-corrected chi connectivity index (χ3v) is 3.55. The van der Waals surface area contributed by atoms with Gasteiger partial charge < -0.3 is 10.2 Å². The summed E-state index contributed by atoms with van der Waals surface area (Å²) in [6, 6.07) is 2.08. The number of nitrogens with one attached hydrogen (secondary N) is 1. The van der Waals surface area contributed by atoms with Crippen molar-refractivity contribution in [2.75, 3.05) is 24.5 Å². The monoisotopic (exact) mass is 262 g/mol. The van der Waals surface area contributed by atoms with Crippen molar-refractivity contribution in [2.24, 2.45) is 5.92 Å². The molecule has 1 aliphatic heterocycles. The van der Waals surface area contributed by atoms with E-state index in [0.29, 0.717) is 5.92 Å². The number of piperidine rings is 1. The molecule has 0 amide bonds. The predicted molar refractivity (Wildman–Crippen MR) is 79.5 cm³/mol. The highest BCUT2D eigenvalue weighted by Crippen LogP contribution is 2.21. The maximum absolute atomic E-state index is 4.40. The highest BCUT2D eigenvalue weighted by atomic mass is 15.2. The Kier molecular flexibility index (Phi) is 4.40. The molecule has 106 valence electrons. The van der Waals surface area contributed by atoms with Crippen LogP contribution in [0.4, 0.5) is 5.82 Å². The highest BCUT2D eigenvalue weighted by Gasteiger charge is 2.22. The molecule has 0 saturated carbocycles. The summed E-state index contributed by atoms with van der Waals surface area (Å²) in [4.78, 5) is 11.0. The maximum atomic E-state index is 4.40. The molecule has 19 heavy (non-hydrogen) atoms. The van der Waals surface area contributed by atoms with E-state index >= 15 is 0 Å². The zero-order valence-corrected chi connectivity index (χ0v) is 12.6. The number of hydrogen-bond acceptors (Lipinski definition) is 4. The molecule has 0 aliphatic carbocycles. The van der Waals surface area contributed by atoms with E-state index in [1.807, 2.05) is 6.92 Å². The van der Waals surface area contributed by atoms with E-state index in [1.54, 1.807) is 6.33 Å². The van der Waals surface area contributed by atoms with Crippen LogP contribution >= 0.6 is 0 Å². The first-order valence-electron chi connectivity index (χ1n) is 7.23. The van der Waals surface area contributed by atoms with Crippen LogP contribution in [0.5, 0.6) is 0 Å². The van der Waals surface area contributed by atoms with Crippen molar-refractivity contribution in [1.82, 2.24) is 15.3 Å². The van der Waals surface area contributed by atoms with Crippen molar-refractivity contribution in [1.29, 1.82) is 0 Å². The Balaban J connectivity index is 1.94. The fourth-order valence-electron chi connectivity index (χ4n) is 2.50. The Labute approximate surface area is 116 Å². The van der Waals surface area contributed by atoms with E-state index in [0.717, 1.165) is 31.1 Å². The van der Waals surface area contributed by atoms with Crippen LogP contribution in [-0.4, -0.2) is 35.1 Å². The Bertz CT molecular complexity index is 411. The first-order chi connectivity index (χ1) is 8.94. The molecule has 1 aromatic heterocycles. The van der Waals surface area contributed by atoms with Gasteiger partial charge in [0.15, 0.2) is 0 Å². The molecule has 0 bridgehead atoms. The summed E-state index contributed by atoms with van der Waals surface area (Å²) in [5.74, 6) is 1.79. The van der Waals surface area contributed by atoms with E-state index in [-0.39, 0.29) is 5.54 Å². The van der Waals surface area contributed by atoms with Crippen LogP contribution in [0.25, 0.3) is 0 Å². The SMILES string of the molecule is Cc1cc(N2CCCC(CNC(C)(C)C)C2)ncn1. The second kappa shape index (κ2) is 5.87. The fourth-order valence-corrected chi connectivity index (χ4v) is 2.50. The first-order valence-corrected chi connectivity index (χ1v) is 7.23. The minimum absolute atomic E-state index is 0.202. The molecule has 4 nitrogen and oxygen atoms in total. The number of anilines is 1. The molecule has 1 aliphatic rings. The molecule has 1 N–H and O–H groups in total. The van der Waals surface area contributed by atoms with Gasteiger partial charge in [0.2, 0.25) is 0 Å². The predicted octanol–water partition coefficient (Wildman–Crippen LogP) is 2.39. The second-order valence-corrected chi connectivity index (χ2v) is 6.60. The average Bonchev–Trinajstić information content (AvgIpc) is 2.36. The Morgan fingerprint density at radius 2 is 2.16 bits per heavy atom. The zero-order chi connectivity index (χ0) is 13.9. The maximum Gasteiger partial charge on any atom is 0.132 e. The third-order valence-electron chi connectivity index (χ3n) is 3.55. The zero-order valence-electron chi connectivity index (χ0n) is 12.6. The standard InChI is InChI=1S/C15H26N4/c1-12-8-14(17-11-16-12)19-7-5-6-13(10-19)9-18-15(2,3)4/h8,11,13,18H,5-7,9-10H2,1-4H3. The number of nitrogens with zero attached hydrogens (tertiary/aromatic N) is 3. The number of rotatable bonds is 3. The van der Waals surface area contributed by atoms with Crippen LogP contribution in [0, 0.1) is 12.8 Å². The summed E-state index contributed by atoms with van der Waals surface area (Å²) >= 11 is 0. The number of hydrogen-bond donors (Lipinski definition) is 1. The number of aromatic nitrogens is 2. The van der Waals surface area contributed by atoms with E-state index in [9.17, 15) is 0 Å². The third kappa shape index (κ3) is 4.46. The molecule has 1 unspecified atom stereocenters. The molecular formula is C15H26N4. The van der Waals surface area contributed by atoms with Gasteiger partial charge in [-0.2, -0.15) is 0 Å². The molecule has 2 heterocycles. The molecule has 4 heteroatoms. The summed E-state index contributed by atoms with van der Waals surface area (Å²) in [6.07, 6.45) is 4.23. The van der Waals surface area contributed by atoms with Gasteiger partial charge in [-0.05, 0) is 46.5 Å². The molecular weight excluding hydrogens is 236 g/mol. The topological polar surface area (TPSA) is 41.0 Å². The van der Waals surface area contributed by atoms with E-state index in [2.05, 4.69) is 47.0 Å². The molecule has 1 atom stereocenters. The molecule has 2 rings (SSSR count). The van der Waals surface area contributed by atoms with Crippen molar-refractivity contribution in [3.63, 3.8) is 0 Å². The summed E-state index contributed by atoms with van der Waals surface area (Å²) < 4.78 is 0. The summed E-state index contributed by atoms with van der Waals surface area (Å²) in [6.45, 7) is 12.0. The van der Waals surface area contributed by atoms with E-state index < -0.39 is 0 Å². The summed E-state index contributed by atoms with van der Waals surface area (Å²) in [5.41, 5.74) is 1.24. The van der Waals surface area contributed by atoms with Crippen molar-refractivity contribution in [3.05, 3.63) is 18.1 Å². The van der Waals surface area contributed by atoms with Crippen LogP contribution < -0.4 is 10.2 Å². The van der Waals surface area contributed by atoms with Gasteiger partial charge in [-0.15, -0.1) is 0 Å². The second-order valence-electron chi connectivity index (χ2n) is 6.60. The quantitative estimate of drug-likeness (QED) is 0.908. The van der Waals surface area contributed by atoms with Gasteiger partial charge in [0, 0.05) is 36.9 Å². The Hall–Kier alpha value is -1.16. The summed E-state index contributed by atoms with van der Waals surface area (Å²) in [5, 5.41) is 3.62. The van der Waals surface area contributed by atoms with Crippen molar-refractivity contribution in [3.8, 4) is 0 Å². The van der Waals surface area contributed by atoms with Gasteiger partial charge in [0.1, 0.15) is 12.1 Å². The lowest BCUT2D eigenvalue weighted by Gasteiger charge is -2.35. The largest absolute Gasteiger partial charge is 0.356 e. The van der Waals surface area contributed by atoms with Gasteiger partial charge in [-0.1, -0.05) is 0 Å². The van der Waals surface area contributed by atoms with Crippen molar-refractivity contribution < 1.29 is 0 Å². The molecule has 1 aromatic rings. The van der Waals surface area contributed by atoms with Crippen LogP contribution in [0.15, 0.2) is 12.4 Å². The van der Waals surface area contributed by atoms with Gasteiger partial charge in [0.05, 0.1) is 0 Å². The van der Waals surface area contributed by atoms with E-state index in [1.165, 1.54) is 12.8 Å². The van der Waals surface area contributed by atoms with Crippen molar-refractivity contribution in [2.45, 2.75) is 46.1 Å². The summed E-state index contributed by atoms with van der Waals surface area (Å²) in [7, 11) is 0. The first kappa shape index (κ1) is 14.3. The van der Waals surface area contributed by atoms with Crippen LogP contribution in [0.3, 0.4) is 0 Å². The number of aryl methyl sites for hydroxylation is 1. The van der Waals surface area contributed by atoms with Crippen LogP contribution in [0.2, 0.25) is 0 Å². The minimum Gasteiger partial charge on any atom is -0.356 e. The molecule has 0 spiro atoms. The smallest absolute Gasteiger partial charge is 0.132 e. The van der Waals surface area contributed by atoms with Gasteiger partial charge in [-0.25, -0.2) is 9.97 Å². The fraction of sp³-hybridized carbons (Fsp3) is 0.733. The van der Waals surface area contributed by atoms with Gasteiger partial charge in [-0.3, -0.25) is 0 Å². The molecule has 0 radical (unpaired) electrons. The van der Waals surface area contributed by atoms with Crippen LogP contribution in [0.1, 0.15) is 39.3 Å². The van der Waals surface area contributed by atoms with Gasteiger partial charge >= 0.3 is 0 Å². The normalized spacial score (nSPS) is 20.6. The van der Waals surface area contributed by atoms with Gasteiger partial charge in [0.25, 0.3) is 0 Å². The van der Waals surface area contributed by atoms with Crippen molar-refractivity contribution >= 4 is 5.82 Å². The Morgan fingerprint density at radius 1 is 1.37 bits per heavy atom. The molecule has 1 fully saturated rings. The van der Waals surface area contributed by atoms with E-state index in [4.69, 9.17) is 0 Å². The lowest BCUT2D eigenvalue weighted by Crippen LogP contribution is -2.44. The van der Waals surface area contributed by atoms with Crippen LogP contribution in [-0.2, 0) is 0 Å². The molecule has 1 saturated heterocycles.